The van der Waals surface area contributed by atoms with Crippen LogP contribution in [0.3, 0.4) is 0 Å². The van der Waals surface area contributed by atoms with Crippen molar-refractivity contribution in [2.75, 3.05) is 5.32 Å². The molecule has 0 fully saturated rings. The van der Waals surface area contributed by atoms with Crippen LogP contribution in [0.15, 0.2) is 41.3 Å². The third-order valence-corrected chi connectivity index (χ3v) is 2.05. The molecule has 0 unspecified atom stereocenters. The summed E-state index contributed by atoms with van der Waals surface area (Å²) >= 11 is 5.76. The van der Waals surface area contributed by atoms with Crippen LogP contribution in [-0.4, -0.2) is 4.98 Å². The zero-order valence-corrected chi connectivity index (χ0v) is 8.16. The lowest BCUT2D eigenvalue weighted by Gasteiger charge is -2.03. The van der Waals surface area contributed by atoms with Crippen molar-refractivity contribution in [3.8, 4) is 0 Å². The van der Waals surface area contributed by atoms with E-state index in [-0.39, 0.29) is 0 Å². The molecule has 0 aliphatic heterocycles. The second-order valence-corrected chi connectivity index (χ2v) is 3.26. The van der Waals surface area contributed by atoms with E-state index in [0.717, 1.165) is 16.5 Å². The second kappa shape index (κ2) is 4.15. The minimum atomic E-state index is 0.627. The monoisotopic (exact) mass is 208 g/mol. The summed E-state index contributed by atoms with van der Waals surface area (Å²) < 4.78 is 5.08. The predicted octanol–water partition coefficient (Wildman–Crippen LogP) is 2.94. The van der Waals surface area contributed by atoms with Gasteiger partial charge in [0.25, 0.3) is 0 Å². The van der Waals surface area contributed by atoms with Crippen LogP contribution < -0.4 is 5.32 Å². The Morgan fingerprint density at radius 1 is 1.29 bits per heavy atom. The Morgan fingerprint density at radius 3 is 2.71 bits per heavy atom. The van der Waals surface area contributed by atoms with E-state index in [0.29, 0.717) is 6.54 Å². The van der Waals surface area contributed by atoms with Crippen LogP contribution in [0.4, 0.5) is 5.69 Å². The summed E-state index contributed by atoms with van der Waals surface area (Å²) in [5.41, 5.74) is 1.01. The van der Waals surface area contributed by atoms with Crippen LogP contribution in [0.5, 0.6) is 0 Å². The molecule has 2 aromatic rings. The van der Waals surface area contributed by atoms with Gasteiger partial charge in [-0.05, 0) is 24.3 Å². The molecule has 0 radical (unpaired) electrons. The quantitative estimate of drug-likeness (QED) is 0.843. The SMILES string of the molecule is Clc1ccc(NCc2cnco2)cc1. The smallest absolute Gasteiger partial charge is 0.180 e. The van der Waals surface area contributed by atoms with E-state index in [4.69, 9.17) is 16.0 Å². The molecule has 0 atom stereocenters. The van der Waals surface area contributed by atoms with Crippen molar-refractivity contribution in [2.45, 2.75) is 6.54 Å². The number of halogens is 1. The average Bonchev–Trinajstić information content (AvgIpc) is 2.70. The normalized spacial score (nSPS) is 10.1. The molecule has 1 aromatic heterocycles. The predicted molar refractivity (Wildman–Crippen MR) is 55.3 cm³/mol. The van der Waals surface area contributed by atoms with Crippen LogP contribution >= 0.6 is 11.6 Å². The number of hydrogen-bond donors (Lipinski definition) is 1. The molecule has 1 N–H and O–H groups in total. The first-order chi connectivity index (χ1) is 6.84. The molecule has 2 rings (SSSR count). The van der Waals surface area contributed by atoms with Gasteiger partial charge >= 0.3 is 0 Å². The number of anilines is 1. The number of benzene rings is 1. The van der Waals surface area contributed by atoms with Gasteiger partial charge in [-0.3, -0.25) is 0 Å². The topological polar surface area (TPSA) is 38.1 Å². The van der Waals surface area contributed by atoms with Crippen LogP contribution in [0.2, 0.25) is 5.02 Å². The van der Waals surface area contributed by atoms with Crippen molar-refractivity contribution >= 4 is 17.3 Å². The second-order valence-electron chi connectivity index (χ2n) is 2.83. The third-order valence-electron chi connectivity index (χ3n) is 1.79. The summed E-state index contributed by atoms with van der Waals surface area (Å²) in [6, 6.07) is 7.51. The van der Waals surface area contributed by atoms with Gasteiger partial charge in [0.1, 0.15) is 5.76 Å². The molecule has 0 saturated heterocycles. The maximum absolute atomic E-state index is 5.76. The molecule has 0 bridgehead atoms. The van der Waals surface area contributed by atoms with Gasteiger partial charge in [0.15, 0.2) is 6.39 Å². The van der Waals surface area contributed by atoms with E-state index in [9.17, 15) is 0 Å². The Hall–Kier alpha value is -1.48. The minimum Gasteiger partial charge on any atom is -0.447 e. The average molecular weight is 209 g/mol. The number of aromatic nitrogens is 1. The molecule has 3 nitrogen and oxygen atoms in total. The molecule has 1 heterocycles. The van der Waals surface area contributed by atoms with Crippen molar-refractivity contribution in [3.63, 3.8) is 0 Å². The minimum absolute atomic E-state index is 0.627. The van der Waals surface area contributed by atoms with Crippen LogP contribution in [0, 0.1) is 0 Å². The highest BCUT2D eigenvalue weighted by atomic mass is 35.5. The van der Waals surface area contributed by atoms with Crippen molar-refractivity contribution in [2.24, 2.45) is 0 Å². The summed E-state index contributed by atoms with van der Waals surface area (Å²) in [5, 5.41) is 3.91. The summed E-state index contributed by atoms with van der Waals surface area (Å²) in [6.45, 7) is 0.627. The summed E-state index contributed by atoms with van der Waals surface area (Å²) in [6.07, 6.45) is 3.10. The van der Waals surface area contributed by atoms with Gasteiger partial charge < -0.3 is 9.73 Å². The summed E-state index contributed by atoms with van der Waals surface area (Å²) in [5.74, 6) is 0.806. The number of nitrogens with zero attached hydrogens (tertiary/aromatic N) is 1. The Morgan fingerprint density at radius 2 is 2.07 bits per heavy atom. The van der Waals surface area contributed by atoms with Gasteiger partial charge in [-0.1, -0.05) is 11.6 Å². The van der Waals surface area contributed by atoms with Crippen molar-refractivity contribution < 1.29 is 4.42 Å². The molecular weight excluding hydrogens is 200 g/mol. The van der Waals surface area contributed by atoms with Gasteiger partial charge in [-0.15, -0.1) is 0 Å². The van der Waals surface area contributed by atoms with Crippen LogP contribution in [0.1, 0.15) is 5.76 Å². The van der Waals surface area contributed by atoms with Crippen molar-refractivity contribution in [3.05, 3.63) is 47.6 Å². The fourth-order valence-electron chi connectivity index (χ4n) is 1.09. The highest BCUT2D eigenvalue weighted by Crippen LogP contribution is 2.14. The molecule has 0 aliphatic rings. The molecule has 0 spiro atoms. The van der Waals surface area contributed by atoms with Crippen LogP contribution in [0.25, 0.3) is 0 Å². The molecule has 14 heavy (non-hydrogen) atoms. The largest absolute Gasteiger partial charge is 0.447 e. The Balaban J connectivity index is 1.95. The lowest BCUT2D eigenvalue weighted by Crippen LogP contribution is -1.97. The maximum Gasteiger partial charge on any atom is 0.180 e. The van der Waals surface area contributed by atoms with Crippen LogP contribution in [-0.2, 0) is 6.54 Å². The van der Waals surface area contributed by atoms with E-state index in [1.165, 1.54) is 6.39 Å². The molecule has 0 aliphatic carbocycles. The molecule has 0 amide bonds. The maximum atomic E-state index is 5.76. The zero-order chi connectivity index (χ0) is 9.80. The number of rotatable bonds is 3. The van der Waals surface area contributed by atoms with Gasteiger partial charge in [0.2, 0.25) is 0 Å². The van der Waals surface area contributed by atoms with Gasteiger partial charge in [0.05, 0.1) is 12.7 Å². The molecule has 0 saturated carbocycles. The highest BCUT2D eigenvalue weighted by molar-refractivity contribution is 6.30. The molecule has 1 aromatic carbocycles. The van der Waals surface area contributed by atoms with Crippen molar-refractivity contribution in [1.29, 1.82) is 0 Å². The molecule has 4 heteroatoms. The van der Waals surface area contributed by atoms with E-state index < -0.39 is 0 Å². The first-order valence-corrected chi connectivity index (χ1v) is 4.59. The Labute approximate surface area is 86.7 Å². The fourth-order valence-corrected chi connectivity index (χ4v) is 1.21. The third kappa shape index (κ3) is 2.26. The van der Waals surface area contributed by atoms with E-state index in [2.05, 4.69) is 10.3 Å². The number of nitrogens with one attached hydrogen (secondary N) is 1. The lowest BCUT2D eigenvalue weighted by atomic mass is 10.3. The van der Waals surface area contributed by atoms with E-state index >= 15 is 0 Å². The zero-order valence-electron chi connectivity index (χ0n) is 7.40. The standard InChI is InChI=1S/C10H9ClN2O/c11-8-1-3-9(4-2-8)13-6-10-5-12-7-14-10/h1-5,7,13H,6H2. The van der Waals surface area contributed by atoms with Gasteiger partial charge in [-0.2, -0.15) is 0 Å². The Bertz CT molecular complexity index is 383. The van der Waals surface area contributed by atoms with Crippen molar-refractivity contribution in [1.82, 2.24) is 4.98 Å². The fraction of sp³-hybridized carbons (Fsp3) is 0.100. The Kier molecular flexibility index (Phi) is 2.70. The number of hydrogen-bond acceptors (Lipinski definition) is 3. The molecule has 72 valence electrons. The first-order valence-electron chi connectivity index (χ1n) is 4.21. The van der Waals surface area contributed by atoms with Gasteiger partial charge in [-0.25, -0.2) is 4.98 Å². The van der Waals surface area contributed by atoms with E-state index in [1.54, 1.807) is 6.20 Å². The number of oxazole rings is 1. The first kappa shape index (κ1) is 9.09. The van der Waals surface area contributed by atoms with E-state index in [1.807, 2.05) is 24.3 Å². The molecular formula is C10H9ClN2O. The van der Waals surface area contributed by atoms with Gasteiger partial charge in [0, 0.05) is 10.7 Å². The summed E-state index contributed by atoms with van der Waals surface area (Å²) in [4.78, 5) is 3.82. The highest BCUT2D eigenvalue weighted by Gasteiger charge is 1.96. The lowest BCUT2D eigenvalue weighted by molar-refractivity contribution is 0.512. The summed E-state index contributed by atoms with van der Waals surface area (Å²) in [7, 11) is 0.